The van der Waals surface area contributed by atoms with Gasteiger partial charge in [0, 0.05) is 11.5 Å². The Balaban J connectivity index is 0.000000329. The van der Waals surface area contributed by atoms with Crippen molar-refractivity contribution in [1.82, 2.24) is 0 Å². The summed E-state index contributed by atoms with van der Waals surface area (Å²) in [4.78, 5) is 22.9. The van der Waals surface area contributed by atoms with Crippen LogP contribution in [0.5, 0.6) is 0 Å². The van der Waals surface area contributed by atoms with Gasteiger partial charge in [0.15, 0.2) is 0 Å². The second kappa shape index (κ2) is 21.4. The number of hydrogen-bond acceptors (Lipinski definition) is 4. The fourth-order valence-electron chi connectivity index (χ4n) is 7.08. The Morgan fingerprint density at radius 3 is 1.63 bits per heavy atom. The predicted octanol–water partition coefficient (Wildman–Crippen LogP) is 12.4. The quantitative estimate of drug-likeness (QED) is 0.139. The molecule has 0 spiro atoms. The maximum absolute atomic E-state index is 11.6. The Bertz CT molecular complexity index is 1730. The van der Waals surface area contributed by atoms with E-state index in [1.54, 1.807) is 0 Å². The van der Waals surface area contributed by atoms with E-state index < -0.39 is 0 Å². The molecule has 3 aromatic carbocycles. The number of aryl methyl sites for hydroxylation is 6. The summed E-state index contributed by atoms with van der Waals surface area (Å²) in [6.45, 7) is 23.1. The predicted molar refractivity (Wildman–Crippen MR) is 221 cm³/mol. The number of allylic oxidation sites excluding steroid dienone is 5. The van der Waals surface area contributed by atoms with Gasteiger partial charge in [0.2, 0.25) is 0 Å². The van der Waals surface area contributed by atoms with E-state index in [2.05, 4.69) is 76.6 Å². The zero-order valence-corrected chi connectivity index (χ0v) is 34.6. The first-order valence-electron chi connectivity index (χ1n) is 19.4. The number of benzene rings is 3. The lowest BCUT2D eigenvalue weighted by Crippen LogP contribution is -2.21. The zero-order chi connectivity index (χ0) is 39.0. The van der Waals surface area contributed by atoms with Crippen LogP contribution in [0.25, 0.3) is 5.57 Å². The van der Waals surface area contributed by atoms with Gasteiger partial charge in [0.1, 0.15) is 0 Å². The summed E-state index contributed by atoms with van der Waals surface area (Å²) >= 11 is 0. The number of carbonyl (C=O) groups is 2. The van der Waals surface area contributed by atoms with Crippen LogP contribution in [0.3, 0.4) is 0 Å². The van der Waals surface area contributed by atoms with E-state index in [1.807, 2.05) is 65.0 Å². The molecule has 0 heterocycles. The molecule has 0 saturated carbocycles. The summed E-state index contributed by atoms with van der Waals surface area (Å²) in [6.07, 6.45) is 15.6. The molecule has 2 aliphatic carbocycles. The summed E-state index contributed by atoms with van der Waals surface area (Å²) in [7, 11) is 2.81. The Labute approximate surface area is 316 Å². The van der Waals surface area contributed by atoms with Gasteiger partial charge in [-0.3, -0.25) is 0 Å². The molecule has 0 bridgehead atoms. The number of hydrogen-bond donors (Lipinski definition) is 0. The molecule has 52 heavy (non-hydrogen) atoms. The standard InChI is InChI=1S/C22H26O2.C22H28O2.2C2H6/c1-15-13-17-7-5-6-8-18(17)14-20(15)22(2,3)19-11-9-16(10-12-19)21(23)24-4;1-15(12-22(23)24-5)10-11-16(2)18(4)21-14-20-9-7-6-8-19(20)13-17(21)3;2*1-2/h9-14H,5-8H2,1-4H3;10-14H,6-9H2,1-5H3;2*1-2H3/b;11-10+,15-12+,18-16-;;. The van der Waals surface area contributed by atoms with Crippen LogP contribution in [0.1, 0.15) is 148 Å². The maximum Gasteiger partial charge on any atom is 0.337 e. The summed E-state index contributed by atoms with van der Waals surface area (Å²) in [6, 6.07) is 17.4. The van der Waals surface area contributed by atoms with E-state index in [-0.39, 0.29) is 17.4 Å². The SMILES string of the molecule is CC.CC.COC(=O)/C=C(C)/C=C/C(C)=C(/C)c1cc2c(cc1C)CCCC2.COC(=O)c1ccc(C(C)(C)c2cc3c(cc2C)CCCC3)cc1. The average Bonchev–Trinajstić information content (AvgIpc) is 3.17. The van der Waals surface area contributed by atoms with Crippen molar-refractivity contribution in [2.75, 3.05) is 14.2 Å². The van der Waals surface area contributed by atoms with Crippen LogP contribution in [0.15, 0.2) is 77.9 Å². The number of carbonyl (C=O) groups excluding carboxylic acids is 2. The third kappa shape index (κ3) is 11.7. The Kier molecular flexibility index (Phi) is 18.1. The Morgan fingerprint density at radius 1 is 0.654 bits per heavy atom. The topological polar surface area (TPSA) is 52.6 Å². The first-order valence-corrected chi connectivity index (χ1v) is 19.4. The van der Waals surface area contributed by atoms with Gasteiger partial charge in [-0.05, 0) is 165 Å². The van der Waals surface area contributed by atoms with Crippen molar-refractivity contribution in [2.45, 2.75) is 133 Å². The van der Waals surface area contributed by atoms with Gasteiger partial charge < -0.3 is 9.47 Å². The molecular weight excluding hydrogens is 641 g/mol. The van der Waals surface area contributed by atoms with Gasteiger partial charge in [-0.15, -0.1) is 0 Å². The van der Waals surface area contributed by atoms with Gasteiger partial charge in [0.05, 0.1) is 19.8 Å². The van der Waals surface area contributed by atoms with Crippen molar-refractivity contribution in [3.63, 3.8) is 0 Å². The number of ether oxygens (including phenoxy) is 2. The number of methoxy groups -OCH3 is 2. The smallest absolute Gasteiger partial charge is 0.337 e. The van der Waals surface area contributed by atoms with Gasteiger partial charge in [-0.25, -0.2) is 9.59 Å². The van der Waals surface area contributed by atoms with Crippen LogP contribution in [0.2, 0.25) is 0 Å². The Hall–Kier alpha value is -4.18. The number of rotatable bonds is 7. The van der Waals surface area contributed by atoms with E-state index >= 15 is 0 Å². The van der Waals surface area contributed by atoms with Crippen LogP contribution in [-0.4, -0.2) is 26.2 Å². The first-order chi connectivity index (χ1) is 24.8. The molecule has 2 aliphatic rings. The third-order valence-corrected chi connectivity index (χ3v) is 10.2. The molecule has 0 fully saturated rings. The maximum atomic E-state index is 11.6. The molecule has 4 heteroatoms. The fourth-order valence-corrected chi connectivity index (χ4v) is 7.08. The minimum absolute atomic E-state index is 0.0921. The van der Waals surface area contributed by atoms with Crippen molar-refractivity contribution < 1.29 is 19.1 Å². The van der Waals surface area contributed by atoms with Crippen LogP contribution in [0, 0.1) is 13.8 Å². The second-order valence-electron chi connectivity index (χ2n) is 14.0. The summed E-state index contributed by atoms with van der Waals surface area (Å²) < 4.78 is 9.44. The second-order valence-corrected chi connectivity index (χ2v) is 14.0. The van der Waals surface area contributed by atoms with E-state index in [1.165, 1.54) is 133 Å². The molecule has 0 saturated heterocycles. The first kappa shape index (κ1) is 44.0. The van der Waals surface area contributed by atoms with E-state index in [0.29, 0.717) is 5.56 Å². The Morgan fingerprint density at radius 2 is 1.13 bits per heavy atom. The fraction of sp³-hybridized carbons (Fsp3) is 0.458. The van der Waals surface area contributed by atoms with Crippen LogP contribution < -0.4 is 0 Å². The van der Waals surface area contributed by atoms with E-state index in [4.69, 9.17) is 4.74 Å². The third-order valence-electron chi connectivity index (χ3n) is 10.2. The highest BCUT2D eigenvalue weighted by atomic mass is 16.5. The molecule has 3 aromatic rings. The molecule has 0 N–H and O–H groups in total. The summed E-state index contributed by atoms with van der Waals surface area (Å²) in [5, 5.41) is 0. The highest BCUT2D eigenvalue weighted by Crippen LogP contribution is 2.37. The molecule has 0 radical (unpaired) electrons. The molecule has 282 valence electrons. The average molecular weight is 707 g/mol. The molecule has 5 rings (SSSR count). The van der Waals surface area contributed by atoms with Crippen molar-refractivity contribution in [2.24, 2.45) is 0 Å². The monoisotopic (exact) mass is 706 g/mol. The molecule has 0 atom stereocenters. The van der Waals surface area contributed by atoms with Crippen molar-refractivity contribution >= 4 is 17.5 Å². The zero-order valence-electron chi connectivity index (χ0n) is 34.6. The lowest BCUT2D eigenvalue weighted by atomic mass is 9.74. The molecule has 0 unspecified atom stereocenters. The normalized spacial score (nSPS) is 14.1. The van der Waals surface area contributed by atoms with Crippen molar-refractivity contribution in [3.8, 4) is 0 Å². The highest BCUT2D eigenvalue weighted by Gasteiger charge is 2.27. The molecule has 4 nitrogen and oxygen atoms in total. The van der Waals surface area contributed by atoms with Gasteiger partial charge >= 0.3 is 11.9 Å². The molecule has 0 aliphatic heterocycles. The summed E-state index contributed by atoms with van der Waals surface area (Å²) in [5.74, 6) is -0.606. The molecule has 0 aromatic heterocycles. The van der Waals surface area contributed by atoms with Gasteiger partial charge in [-0.2, -0.15) is 0 Å². The number of fused-ring (bicyclic) bond motifs is 2. The largest absolute Gasteiger partial charge is 0.466 e. The molecular formula is C48H66O4. The van der Waals surface area contributed by atoms with Gasteiger partial charge in [-0.1, -0.05) is 90.1 Å². The van der Waals surface area contributed by atoms with Crippen molar-refractivity contribution in [3.05, 3.63) is 134 Å². The minimum Gasteiger partial charge on any atom is -0.466 e. The van der Waals surface area contributed by atoms with Crippen LogP contribution >= 0.6 is 0 Å². The van der Waals surface area contributed by atoms with Crippen LogP contribution in [0.4, 0.5) is 0 Å². The summed E-state index contributed by atoms with van der Waals surface area (Å²) in [5.41, 5.74) is 16.6. The van der Waals surface area contributed by atoms with Crippen molar-refractivity contribution in [1.29, 1.82) is 0 Å². The lowest BCUT2D eigenvalue weighted by Gasteiger charge is -2.30. The van der Waals surface area contributed by atoms with Gasteiger partial charge in [0.25, 0.3) is 0 Å². The van der Waals surface area contributed by atoms with E-state index in [0.717, 1.165) is 5.57 Å². The lowest BCUT2D eigenvalue weighted by molar-refractivity contribution is -0.134. The molecule has 0 amide bonds. The number of esters is 2. The van der Waals surface area contributed by atoms with E-state index in [9.17, 15) is 9.59 Å². The van der Waals surface area contributed by atoms with Crippen LogP contribution in [-0.2, 0) is 45.4 Å². The minimum atomic E-state index is -0.318. The highest BCUT2D eigenvalue weighted by molar-refractivity contribution is 5.89.